The third-order valence-corrected chi connectivity index (χ3v) is 3.47. The molecule has 1 atom stereocenters. The summed E-state index contributed by atoms with van der Waals surface area (Å²) in [5.74, 6) is 0.325. The minimum Gasteiger partial charge on any atom is -0.444 e. The standard InChI is InChI=1S/C15H25N5O2/c1-15(2,3)19-14(21)22-10-5-4-8-20(9-10)11-6-7-18-13(17)12(11)16/h6-7,10H,4-5,8-9,16H2,1-3H3,(H2,17,18)(H,19,21). The Balaban J connectivity index is 2.00. The van der Waals surface area contributed by atoms with Crippen molar-refractivity contribution in [2.75, 3.05) is 29.5 Å². The molecule has 0 bridgehead atoms. The highest BCUT2D eigenvalue weighted by molar-refractivity contribution is 5.76. The maximum Gasteiger partial charge on any atom is 0.407 e. The van der Waals surface area contributed by atoms with Crippen LogP contribution in [0.3, 0.4) is 0 Å². The molecule has 7 heteroatoms. The van der Waals surface area contributed by atoms with Gasteiger partial charge in [0, 0.05) is 18.3 Å². The van der Waals surface area contributed by atoms with Gasteiger partial charge in [0.1, 0.15) is 11.9 Å². The Hall–Kier alpha value is -2.18. The van der Waals surface area contributed by atoms with Crippen LogP contribution in [-0.4, -0.2) is 35.8 Å². The molecule has 1 aliphatic rings. The van der Waals surface area contributed by atoms with Gasteiger partial charge in [0.05, 0.1) is 17.9 Å². The topological polar surface area (TPSA) is 106 Å². The van der Waals surface area contributed by atoms with Gasteiger partial charge in [0.15, 0.2) is 0 Å². The first-order valence-electron chi connectivity index (χ1n) is 7.50. The smallest absolute Gasteiger partial charge is 0.407 e. The van der Waals surface area contributed by atoms with E-state index in [4.69, 9.17) is 16.2 Å². The van der Waals surface area contributed by atoms with Crippen molar-refractivity contribution in [3.8, 4) is 0 Å². The van der Waals surface area contributed by atoms with Crippen molar-refractivity contribution >= 4 is 23.3 Å². The molecule has 22 heavy (non-hydrogen) atoms. The van der Waals surface area contributed by atoms with Gasteiger partial charge < -0.3 is 26.4 Å². The summed E-state index contributed by atoms with van der Waals surface area (Å²) in [7, 11) is 0. The number of nitrogens with two attached hydrogens (primary N) is 2. The molecular weight excluding hydrogens is 282 g/mol. The molecule has 2 rings (SSSR count). The van der Waals surface area contributed by atoms with Gasteiger partial charge in [-0.3, -0.25) is 0 Å². The molecule has 0 spiro atoms. The highest BCUT2D eigenvalue weighted by atomic mass is 16.6. The lowest BCUT2D eigenvalue weighted by molar-refractivity contribution is 0.0826. The van der Waals surface area contributed by atoms with Crippen molar-refractivity contribution in [1.82, 2.24) is 10.3 Å². The average molecular weight is 307 g/mol. The zero-order valence-electron chi connectivity index (χ0n) is 13.4. The number of amides is 1. The Labute approximate surface area is 131 Å². The number of rotatable bonds is 2. The second-order valence-corrected chi connectivity index (χ2v) is 6.62. The van der Waals surface area contributed by atoms with Crippen LogP contribution in [0.25, 0.3) is 0 Å². The van der Waals surface area contributed by atoms with E-state index in [9.17, 15) is 4.79 Å². The Morgan fingerprint density at radius 3 is 2.86 bits per heavy atom. The highest BCUT2D eigenvalue weighted by Crippen LogP contribution is 2.29. The molecule has 1 unspecified atom stereocenters. The van der Waals surface area contributed by atoms with Crippen LogP contribution >= 0.6 is 0 Å². The van der Waals surface area contributed by atoms with Gasteiger partial charge in [0.25, 0.3) is 0 Å². The molecule has 2 heterocycles. The predicted molar refractivity (Wildman–Crippen MR) is 87.7 cm³/mol. The number of carbonyl (C=O) groups excluding carboxylic acids is 1. The fourth-order valence-corrected chi connectivity index (χ4v) is 2.49. The van der Waals surface area contributed by atoms with Crippen molar-refractivity contribution in [1.29, 1.82) is 0 Å². The van der Waals surface area contributed by atoms with E-state index in [2.05, 4.69) is 15.2 Å². The van der Waals surface area contributed by atoms with Crippen molar-refractivity contribution < 1.29 is 9.53 Å². The first-order valence-corrected chi connectivity index (χ1v) is 7.50. The molecule has 1 aromatic heterocycles. The van der Waals surface area contributed by atoms with Gasteiger partial charge in [-0.1, -0.05) is 0 Å². The number of ether oxygens (including phenoxy) is 1. The van der Waals surface area contributed by atoms with Crippen molar-refractivity contribution in [3.05, 3.63) is 12.3 Å². The molecule has 1 fully saturated rings. The first kappa shape index (κ1) is 16.2. The van der Waals surface area contributed by atoms with Crippen LogP contribution in [0.1, 0.15) is 33.6 Å². The number of hydrogen-bond donors (Lipinski definition) is 3. The van der Waals surface area contributed by atoms with Gasteiger partial charge in [-0.15, -0.1) is 0 Å². The lowest BCUT2D eigenvalue weighted by Crippen LogP contribution is -2.46. The third kappa shape index (κ3) is 4.16. The second kappa shape index (κ2) is 6.29. The third-order valence-electron chi connectivity index (χ3n) is 3.47. The average Bonchev–Trinajstić information content (AvgIpc) is 2.40. The molecule has 0 saturated carbocycles. The minimum atomic E-state index is -0.387. The molecular formula is C15H25N5O2. The predicted octanol–water partition coefficient (Wildman–Crippen LogP) is 1.74. The largest absolute Gasteiger partial charge is 0.444 e. The van der Waals surface area contributed by atoms with E-state index in [0.29, 0.717) is 18.1 Å². The molecule has 0 radical (unpaired) electrons. The first-order chi connectivity index (χ1) is 10.3. The molecule has 1 aliphatic heterocycles. The molecule has 0 aromatic carbocycles. The lowest BCUT2D eigenvalue weighted by atomic mass is 10.1. The lowest BCUT2D eigenvalue weighted by Gasteiger charge is -2.35. The number of carbonyl (C=O) groups is 1. The number of nitrogens with zero attached hydrogens (tertiary/aromatic N) is 2. The van der Waals surface area contributed by atoms with Crippen molar-refractivity contribution in [2.24, 2.45) is 0 Å². The van der Waals surface area contributed by atoms with Crippen molar-refractivity contribution in [2.45, 2.75) is 45.3 Å². The summed E-state index contributed by atoms with van der Waals surface area (Å²) < 4.78 is 5.51. The minimum absolute atomic E-state index is 0.162. The summed E-state index contributed by atoms with van der Waals surface area (Å²) in [6.45, 7) is 7.21. The summed E-state index contributed by atoms with van der Waals surface area (Å²) in [6.07, 6.45) is 2.85. The van der Waals surface area contributed by atoms with E-state index < -0.39 is 0 Å². The van der Waals surface area contributed by atoms with E-state index in [1.807, 2.05) is 26.8 Å². The number of hydrogen-bond acceptors (Lipinski definition) is 6. The summed E-state index contributed by atoms with van der Waals surface area (Å²) in [5.41, 5.74) is 12.8. The van der Waals surface area contributed by atoms with E-state index >= 15 is 0 Å². The monoisotopic (exact) mass is 307 g/mol. The normalized spacial score (nSPS) is 18.9. The Morgan fingerprint density at radius 2 is 2.18 bits per heavy atom. The summed E-state index contributed by atoms with van der Waals surface area (Å²) in [4.78, 5) is 17.9. The number of nitrogens with one attached hydrogen (secondary N) is 1. The molecule has 122 valence electrons. The van der Waals surface area contributed by atoms with Crippen LogP contribution in [0.2, 0.25) is 0 Å². The number of piperidine rings is 1. The van der Waals surface area contributed by atoms with Gasteiger partial charge in [-0.25, -0.2) is 9.78 Å². The van der Waals surface area contributed by atoms with E-state index in [-0.39, 0.29) is 17.7 Å². The fourth-order valence-electron chi connectivity index (χ4n) is 2.49. The van der Waals surface area contributed by atoms with Crippen LogP contribution < -0.4 is 21.7 Å². The maximum atomic E-state index is 11.9. The van der Waals surface area contributed by atoms with Crippen LogP contribution in [-0.2, 0) is 4.74 Å². The maximum absolute atomic E-state index is 11.9. The SMILES string of the molecule is CC(C)(C)NC(=O)OC1CCCN(c2ccnc(N)c2N)C1. The van der Waals surface area contributed by atoms with Crippen LogP contribution in [0.5, 0.6) is 0 Å². The number of pyridine rings is 1. The highest BCUT2D eigenvalue weighted by Gasteiger charge is 2.26. The molecule has 7 nitrogen and oxygen atoms in total. The van der Waals surface area contributed by atoms with E-state index in [0.717, 1.165) is 25.1 Å². The Morgan fingerprint density at radius 1 is 1.45 bits per heavy atom. The summed E-state index contributed by atoms with van der Waals surface area (Å²) in [5, 5.41) is 2.81. The van der Waals surface area contributed by atoms with Gasteiger partial charge in [0.2, 0.25) is 0 Å². The van der Waals surface area contributed by atoms with Crippen LogP contribution in [0, 0.1) is 0 Å². The number of nitrogen functional groups attached to an aromatic ring is 2. The van der Waals surface area contributed by atoms with E-state index in [1.165, 1.54) is 0 Å². The van der Waals surface area contributed by atoms with Crippen molar-refractivity contribution in [3.63, 3.8) is 0 Å². The van der Waals surface area contributed by atoms with E-state index in [1.54, 1.807) is 6.20 Å². The summed E-state index contributed by atoms with van der Waals surface area (Å²) >= 11 is 0. The number of aromatic nitrogens is 1. The molecule has 1 amide bonds. The van der Waals surface area contributed by atoms with Crippen LogP contribution in [0.4, 0.5) is 22.0 Å². The van der Waals surface area contributed by atoms with Gasteiger partial charge >= 0.3 is 6.09 Å². The fraction of sp³-hybridized carbons (Fsp3) is 0.600. The molecule has 5 N–H and O–H groups in total. The van der Waals surface area contributed by atoms with Crippen LogP contribution in [0.15, 0.2) is 12.3 Å². The zero-order chi connectivity index (χ0) is 16.3. The number of anilines is 3. The van der Waals surface area contributed by atoms with Gasteiger partial charge in [-0.05, 0) is 39.7 Å². The Bertz CT molecular complexity index is 541. The number of alkyl carbamates (subject to hydrolysis) is 1. The zero-order valence-corrected chi connectivity index (χ0v) is 13.4. The second-order valence-electron chi connectivity index (χ2n) is 6.62. The summed E-state index contributed by atoms with van der Waals surface area (Å²) in [6, 6.07) is 1.84. The molecule has 1 saturated heterocycles. The Kier molecular flexibility index (Phi) is 4.63. The quantitative estimate of drug-likeness (QED) is 0.768. The molecule has 0 aliphatic carbocycles. The van der Waals surface area contributed by atoms with Gasteiger partial charge in [-0.2, -0.15) is 0 Å². The molecule has 1 aromatic rings.